The molecular formula is C29H30BrFN6O4. The van der Waals surface area contributed by atoms with Gasteiger partial charge < -0.3 is 19.8 Å². The maximum atomic E-state index is 14.6. The molecule has 214 valence electrons. The van der Waals surface area contributed by atoms with E-state index in [1.54, 1.807) is 38.3 Å². The Hall–Kier alpha value is -3.90. The quantitative estimate of drug-likeness (QED) is 0.235. The van der Waals surface area contributed by atoms with Crippen LogP contribution in [0.1, 0.15) is 43.4 Å². The molecule has 0 saturated heterocycles. The van der Waals surface area contributed by atoms with Crippen LogP contribution in [0.3, 0.4) is 0 Å². The van der Waals surface area contributed by atoms with Crippen LogP contribution < -0.4 is 10.2 Å². The molecule has 1 fully saturated rings. The van der Waals surface area contributed by atoms with Crippen LogP contribution >= 0.6 is 15.9 Å². The Bertz CT molecular complexity index is 1510. The number of carbonyl (C=O) groups excluding carboxylic acids is 1. The largest absolute Gasteiger partial charge is 0.478 e. The zero-order valence-electron chi connectivity index (χ0n) is 22.9. The molecular weight excluding hydrogens is 595 g/mol. The van der Waals surface area contributed by atoms with Crippen LogP contribution in [0, 0.1) is 21.8 Å². The standard InChI is InChI=1S/C29H30BrFN6O4/c1-17(41-26-13-20(30)16-33-28(26)37(39)40)24-14-21(31)9-10-23(24)27-19(8-5-11-32-27)12-22-15-25(18-6-4-7-18)34-36(22)29(38)35(2)3/h5,8-11,13-18,25,34H,4,6-7,12H2,1-3H3/t17-,25?/m1/s1. The fourth-order valence-electron chi connectivity index (χ4n) is 5.10. The summed E-state index contributed by atoms with van der Waals surface area (Å²) >= 11 is 3.27. The van der Waals surface area contributed by atoms with E-state index < -0.39 is 22.7 Å². The lowest BCUT2D eigenvalue weighted by molar-refractivity contribution is -0.390. The molecule has 0 radical (unpaired) electrons. The summed E-state index contributed by atoms with van der Waals surface area (Å²) in [5.41, 5.74) is 6.72. The van der Waals surface area contributed by atoms with Crippen molar-refractivity contribution in [2.24, 2.45) is 5.92 Å². The summed E-state index contributed by atoms with van der Waals surface area (Å²) in [4.78, 5) is 34.0. The average molecular weight is 625 g/mol. The molecule has 41 heavy (non-hydrogen) atoms. The van der Waals surface area contributed by atoms with Crippen LogP contribution in [-0.4, -0.2) is 51.0 Å². The number of pyridine rings is 2. The molecule has 12 heteroatoms. The highest BCUT2D eigenvalue weighted by atomic mass is 79.9. The van der Waals surface area contributed by atoms with Gasteiger partial charge in [-0.1, -0.05) is 12.5 Å². The normalized spacial score (nSPS) is 17.5. The summed E-state index contributed by atoms with van der Waals surface area (Å²) in [6.45, 7) is 1.69. The zero-order chi connectivity index (χ0) is 29.3. The number of amides is 2. The van der Waals surface area contributed by atoms with Crippen molar-refractivity contribution in [3.8, 4) is 17.0 Å². The van der Waals surface area contributed by atoms with Crippen molar-refractivity contribution in [2.45, 2.75) is 44.8 Å². The number of benzene rings is 1. The van der Waals surface area contributed by atoms with Crippen molar-refractivity contribution < 1.29 is 18.8 Å². The Kier molecular flexibility index (Phi) is 8.32. The number of hydrogen-bond donors (Lipinski definition) is 1. The highest BCUT2D eigenvalue weighted by Gasteiger charge is 2.36. The van der Waals surface area contributed by atoms with Crippen molar-refractivity contribution in [1.29, 1.82) is 0 Å². The molecule has 3 aromatic rings. The average Bonchev–Trinajstić information content (AvgIpc) is 3.30. The number of urea groups is 1. The van der Waals surface area contributed by atoms with E-state index in [0.29, 0.717) is 33.6 Å². The number of aromatic nitrogens is 2. The topological polar surface area (TPSA) is 114 Å². The molecule has 1 aliphatic carbocycles. The van der Waals surface area contributed by atoms with Gasteiger partial charge in [-0.25, -0.2) is 19.6 Å². The first-order valence-corrected chi connectivity index (χ1v) is 14.1. The van der Waals surface area contributed by atoms with E-state index in [2.05, 4.69) is 37.4 Å². The third-order valence-electron chi connectivity index (χ3n) is 7.41. The number of allylic oxidation sites excluding steroid dienone is 1. The second-order valence-electron chi connectivity index (χ2n) is 10.4. The van der Waals surface area contributed by atoms with E-state index >= 15 is 0 Å². The van der Waals surface area contributed by atoms with E-state index in [0.717, 1.165) is 24.1 Å². The van der Waals surface area contributed by atoms with Crippen LogP contribution in [0.5, 0.6) is 5.75 Å². The van der Waals surface area contributed by atoms with Gasteiger partial charge in [0.2, 0.25) is 5.75 Å². The van der Waals surface area contributed by atoms with Crippen LogP contribution in [-0.2, 0) is 6.42 Å². The van der Waals surface area contributed by atoms with Crippen LogP contribution in [0.25, 0.3) is 11.3 Å². The molecule has 3 heterocycles. The minimum atomic E-state index is -0.785. The number of rotatable bonds is 8. The van der Waals surface area contributed by atoms with Gasteiger partial charge in [-0.15, -0.1) is 0 Å². The van der Waals surface area contributed by atoms with Crippen molar-refractivity contribution in [3.05, 3.63) is 92.1 Å². The van der Waals surface area contributed by atoms with Crippen LogP contribution in [0.2, 0.25) is 0 Å². The van der Waals surface area contributed by atoms with Gasteiger partial charge in [0.15, 0.2) is 6.20 Å². The number of hydrazine groups is 1. The molecule has 5 rings (SSSR count). The Morgan fingerprint density at radius 3 is 2.76 bits per heavy atom. The number of nitro groups is 1. The van der Waals surface area contributed by atoms with Gasteiger partial charge in [0.05, 0.1) is 10.2 Å². The molecule has 10 nitrogen and oxygen atoms in total. The molecule has 1 N–H and O–H groups in total. The fourth-order valence-corrected chi connectivity index (χ4v) is 5.41. The highest BCUT2D eigenvalue weighted by Crippen LogP contribution is 2.38. The summed E-state index contributed by atoms with van der Waals surface area (Å²) in [6.07, 6.45) is 8.14. The predicted molar refractivity (Wildman–Crippen MR) is 154 cm³/mol. The molecule has 2 amide bonds. The van der Waals surface area contributed by atoms with Crippen molar-refractivity contribution >= 4 is 27.8 Å². The predicted octanol–water partition coefficient (Wildman–Crippen LogP) is 6.19. The summed E-state index contributed by atoms with van der Waals surface area (Å²) in [7, 11) is 3.43. The molecule has 2 aromatic heterocycles. The smallest absolute Gasteiger partial charge is 0.406 e. The molecule has 1 aromatic carbocycles. The lowest BCUT2D eigenvalue weighted by Gasteiger charge is -2.32. The Morgan fingerprint density at radius 1 is 1.29 bits per heavy atom. The van der Waals surface area contributed by atoms with Crippen molar-refractivity contribution in [1.82, 2.24) is 25.3 Å². The molecule has 2 atom stereocenters. The Balaban J connectivity index is 1.50. The lowest BCUT2D eigenvalue weighted by Crippen LogP contribution is -2.49. The van der Waals surface area contributed by atoms with E-state index in [-0.39, 0.29) is 17.8 Å². The zero-order valence-corrected chi connectivity index (χ0v) is 24.5. The van der Waals surface area contributed by atoms with E-state index in [1.807, 2.05) is 12.1 Å². The van der Waals surface area contributed by atoms with Crippen LogP contribution in [0.4, 0.5) is 15.0 Å². The van der Waals surface area contributed by atoms with Gasteiger partial charge in [0.1, 0.15) is 11.9 Å². The minimum absolute atomic E-state index is 0.0459. The van der Waals surface area contributed by atoms with Gasteiger partial charge in [0.25, 0.3) is 0 Å². The van der Waals surface area contributed by atoms with Gasteiger partial charge >= 0.3 is 11.8 Å². The number of hydrogen-bond acceptors (Lipinski definition) is 7. The van der Waals surface area contributed by atoms with Crippen molar-refractivity contribution in [3.63, 3.8) is 0 Å². The monoisotopic (exact) mass is 624 g/mol. The highest BCUT2D eigenvalue weighted by molar-refractivity contribution is 9.10. The summed E-state index contributed by atoms with van der Waals surface area (Å²) in [5.74, 6) is -0.483. The second-order valence-corrected chi connectivity index (χ2v) is 11.3. The van der Waals surface area contributed by atoms with Gasteiger partial charge in [0, 0.05) is 55.6 Å². The summed E-state index contributed by atoms with van der Waals surface area (Å²) in [6, 6.07) is 9.44. The summed E-state index contributed by atoms with van der Waals surface area (Å²) < 4.78 is 21.1. The maximum Gasteiger partial charge on any atom is 0.406 e. The first-order chi connectivity index (χ1) is 19.6. The maximum absolute atomic E-state index is 14.6. The minimum Gasteiger partial charge on any atom is -0.478 e. The van der Waals surface area contributed by atoms with Crippen molar-refractivity contribution in [2.75, 3.05) is 14.1 Å². The van der Waals surface area contributed by atoms with Gasteiger partial charge in [-0.3, -0.25) is 4.98 Å². The number of halogens is 2. The molecule has 2 aliphatic rings. The molecule has 0 bridgehead atoms. The molecule has 1 aliphatic heterocycles. The van der Waals surface area contributed by atoms with E-state index in [9.17, 15) is 19.3 Å². The Morgan fingerprint density at radius 2 is 2.07 bits per heavy atom. The van der Waals surface area contributed by atoms with Gasteiger partial charge in [-0.2, -0.15) is 0 Å². The number of nitrogens with zero attached hydrogens (tertiary/aromatic N) is 5. The van der Waals surface area contributed by atoms with E-state index in [1.165, 1.54) is 35.7 Å². The summed E-state index contributed by atoms with van der Waals surface area (Å²) in [5, 5.41) is 13.2. The first-order valence-electron chi connectivity index (χ1n) is 13.3. The molecule has 1 saturated carbocycles. The Labute approximate surface area is 245 Å². The first kappa shape index (κ1) is 28.6. The lowest BCUT2D eigenvalue weighted by atomic mass is 9.80. The number of nitrogens with one attached hydrogen (secondary N) is 1. The number of carbonyl (C=O) groups is 1. The van der Waals surface area contributed by atoms with E-state index in [4.69, 9.17) is 4.74 Å². The second kappa shape index (κ2) is 11.9. The van der Waals surface area contributed by atoms with Crippen LogP contribution in [0.15, 0.2) is 65.0 Å². The third-order valence-corrected chi connectivity index (χ3v) is 7.85. The number of ether oxygens (including phenoxy) is 1. The fraction of sp³-hybridized carbons (Fsp3) is 0.345. The molecule has 1 unspecified atom stereocenters. The third kappa shape index (κ3) is 6.08. The van der Waals surface area contributed by atoms with Gasteiger partial charge in [-0.05, 0) is 87.4 Å². The SMILES string of the molecule is C[C@@H](Oc1cc(Br)cnc1[N+](=O)[O-])c1cc(F)ccc1-c1ncccc1CC1=CC(C2CCC2)NN1C(=O)N(C)C. The molecule has 0 spiro atoms.